The molecule has 0 atom stereocenters. The topological polar surface area (TPSA) is 6.48 Å². The predicted octanol–water partition coefficient (Wildman–Crippen LogP) is 11.1. The predicted molar refractivity (Wildman–Crippen MR) is 252 cm³/mol. The van der Waals surface area contributed by atoms with Crippen LogP contribution >= 0.6 is 0 Å². The Bertz CT molecular complexity index is 2470. The Balaban J connectivity index is 1.39. The van der Waals surface area contributed by atoms with Gasteiger partial charge in [0.2, 0.25) is 0 Å². The molecule has 9 rings (SSSR count). The SMILES string of the molecule is Cc1cc2c3c(c1)N(c1ccc4c(c1)C(C)(C)CC4(C)C)c1cc4c(cc1B3c1cc([Si](C)(C)C)ccc1N2c1ccc([Si](C)(C)C)cc1)C(C)(C)CC4(C)C. The summed E-state index contributed by atoms with van der Waals surface area (Å²) in [6, 6.07) is 34.9. The summed E-state index contributed by atoms with van der Waals surface area (Å²) in [4.78, 5) is 5.29. The van der Waals surface area contributed by atoms with Gasteiger partial charge in [0.15, 0.2) is 0 Å². The van der Waals surface area contributed by atoms with Crippen molar-refractivity contribution >= 4 is 83.7 Å². The summed E-state index contributed by atoms with van der Waals surface area (Å²) in [5.41, 5.74) is 20.0. The molecule has 0 aromatic heterocycles. The Morgan fingerprint density at radius 3 is 1.48 bits per heavy atom. The fourth-order valence-corrected chi connectivity index (χ4v) is 14.2. The van der Waals surface area contributed by atoms with Crippen molar-refractivity contribution in [3.8, 4) is 0 Å². The molecule has 2 aliphatic heterocycles. The summed E-state index contributed by atoms with van der Waals surface area (Å²) in [7, 11) is -3.11. The monoisotopic (exact) mass is 770 g/mol. The average Bonchev–Trinajstić information content (AvgIpc) is 3.39. The van der Waals surface area contributed by atoms with Gasteiger partial charge in [0.05, 0.1) is 16.1 Å². The Labute approximate surface area is 340 Å². The van der Waals surface area contributed by atoms with Crippen LogP contribution in [0.25, 0.3) is 0 Å². The lowest BCUT2D eigenvalue weighted by molar-refractivity contribution is 0.403. The smallest absolute Gasteiger partial charge is 0.252 e. The van der Waals surface area contributed by atoms with Crippen LogP contribution in [0, 0.1) is 6.92 Å². The molecule has 0 N–H and O–H groups in total. The molecule has 0 amide bonds. The molecule has 0 unspecified atom stereocenters. The van der Waals surface area contributed by atoms with Crippen LogP contribution < -0.4 is 36.6 Å². The fraction of sp³-hybridized carbons (Fsp3) is 0.412. The number of hydrogen-bond donors (Lipinski definition) is 0. The Hall–Kier alpha value is -3.80. The zero-order chi connectivity index (χ0) is 40.3. The van der Waals surface area contributed by atoms with Crippen molar-refractivity contribution < 1.29 is 0 Å². The summed E-state index contributed by atoms with van der Waals surface area (Å²) >= 11 is 0. The van der Waals surface area contributed by atoms with Gasteiger partial charge in [-0.3, -0.25) is 0 Å². The van der Waals surface area contributed by atoms with Gasteiger partial charge in [-0.05, 0) is 134 Å². The molecule has 5 aromatic rings. The quantitative estimate of drug-likeness (QED) is 0.165. The third kappa shape index (κ3) is 5.53. The normalized spacial score (nSPS) is 19.3. The van der Waals surface area contributed by atoms with Gasteiger partial charge in [-0.25, -0.2) is 0 Å². The van der Waals surface area contributed by atoms with E-state index >= 15 is 0 Å². The maximum absolute atomic E-state index is 2.68. The van der Waals surface area contributed by atoms with Crippen molar-refractivity contribution in [1.82, 2.24) is 0 Å². The molecule has 0 saturated heterocycles. The molecule has 0 fully saturated rings. The molecule has 0 saturated carbocycles. The number of anilines is 6. The largest absolute Gasteiger partial charge is 0.311 e. The maximum Gasteiger partial charge on any atom is 0.252 e. The van der Waals surface area contributed by atoms with E-state index in [1.54, 1.807) is 0 Å². The van der Waals surface area contributed by atoms with Gasteiger partial charge in [0.25, 0.3) is 6.71 Å². The first-order valence-corrected chi connectivity index (χ1v) is 28.2. The summed E-state index contributed by atoms with van der Waals surface area (Å²) in [5.74, 6) is 0. The van der Waals surface area contributed by atoms with Crippen molar-refractivity contribution in [2.75, 3.05) is 9.80 Å². The van der Waals surface area contributed by atoms with E-state index in [1.165, 1.54) is 88.7 Å². The Morgan fingerprint density at radius 1 is 0.446 bits per heavy atom. The van der Waals surface area contributed by atoms with Gasteiger partial charge in [-0.15, -0.1) is 0 Å². The van der Waals surface area contributed by atoms with Crippen LogP contribution in [0.4, 0.5) is 34.1 Å². The van der Waals surface area contributed by atoms with Crippen molar-refractivity contribution in [1.29, 1.82) is 0 Å². The van der Waals surface area contributed by atoms with Gasteiger partial charge >= 0.3 is 0 Å². The second-order valence-electron chi connectivity index (χ2n) is 22.7. The number of fused-ring (bicyclic) bond motifs is 6. The van der Waals surface area contributed by atoms with Gasteiger partial charge in [-0.2, -0.15) is 0 Å². The van der Waals surface area contributed by atoms with E-state index in [0.29, 0.717) is 0 Å². The molecule has 4 aliphatic rings. The highest BCUT2D eigenvalue weighted by molar-refractivity contribution is 7.01. The van der Waals surface area contributed by atoms with Crippen molar-refractivity contribution in [2.24, 2.45) is 0 Å². The fourth-order valence-electron chi connectivity index (χ4n) is 11.8. The zero-order valence-electron chi connectivity index (χ0n) is 37.0. The van der Waals surface area contributed by atoms with Gasteiger partial charge < -0.3 is 9.80 Å². The molecule has 2 heterocycles. The molecular formula is C51H63BN2Si2. The van der Waals surface area contributed by atoms with Crippen LogP contribution in [0.15, 0.2) is 84.9 Å². The van der Waals surface area contributed by atoms with Crippen LogP contribution in [0.5, 0.6) is 0 Å². The third-order valence-electron chi connectivity index (χ3n) is 14.2. The summed E-state index contributed by atoms with van der Waals surface area (Å²) < 4.78 is 0. The molecule has 0 bridgehead atoms. The van der Waals surface area contributed by atoms with Gasteiger partial charge in [0, 0.05) is 34.1 Å². The van der Waals surface area contributed by atoms with E-state index in [-0.39, 0.29) is 28.4 Å². The molecule has 56 heavy (non-hydrogen) atoms. The molecule has 288 valence electrons. The highest BCUT2D eigenvalue weighted by Crippen LogP contribution is 2.54. The number of aryl methyl sites for hydroxylation is 1. The molecule has 2 aliphatic carbocycles. The highest BCUT2D eigenvalue weighted by Gasteiger charge is 2.49. The van der Waals surface area contributed by atoms with Crippen LogP contribution in [-0.4, -0.2) is 22.9 Å². The van der Waals surface area contributed by atoms with E-state index < -0.39 is 16.1 Å². The molecule has 0 radical (unpaired) electrons. The van der Waals surface area contributed by atoms with Crippen molar-refractivity contribution in [3.63, 3.8) is 0 Å². The minimum atomic E-state index is -1.64. The van der Waals surface area contributed by atoms with Crippen LogP contribution in [0.1, 0.15) is 96.0 Å². The van der Waals surface area contributed by atoms with E-state index in [2.05, 4.69) is 196 Å². The zero-order valence-corrected chi connectivity index (χ0v) is 39.0. The Kier molecular flexibility index (Phi) is 7.86. The first-order valence-electron chi connectivity index (χ1n) is 21.2. The molecular weight excluding hydrogens is 708 g/mol. The van der Waals surface area contributed by atoms with E-state index in [4.69, 9.17) is 0 Å². The minimum Gasteiger partial charge on any atom is -0.311 e. The second kappa shape index (κ2) is 11.7. The van der Waals surface area contributed by atoms with E-state index in [0.717, 1.165) is 12.8 Å². The van der Waals surface area contributed by atoms with Crippen LogP contribution in [0.2, 0.25) is 39.3 Å². The minimum absolute atomic E-state index is 0.0931. The van der Waals surface area contributed by atoms with Gasteiger partial charge in [-0.1, -0.05) is 141 Å². The lowest BCUT2D eigenvalue weighted by atomic mass is 9.33. The average molecular weight is 771 g/mol. The third-order valence-corrected chi connectivity index (χ3v) is 18.3. The molecule has 2 nitrogen and oxygen atoms in total. The summed E-state index contributed by atoms with van der Waals surface area (Å²) in [5, 5.41) is 3.02. The first kappa shape index (κ1) is 37.8. The summed E-state index contributed by atoms with van der Waals surface area (Å²) in [6.07, 6.45) is 2.32. The van der Waals surface area contributed by atoms with Crippen molar-refractivity contribution in [2.45, 2.75) is 136 Å². The highest BCUT2D eigenvalue weighted by atomic mass is 28.3. The second-order valence-corrected chi connectivity index (χ2v) is 32.9. The maximum atomic E-state index is 2.68. The lowest BCUT2D eigenvalue weighted by Gasteiger charge is -2.45. The molecule has 0 spiro atoms. The van der Waals surface area contributed by atoms with E-state index in [1.807, 2.05) is 0 Å². The van der Waals surface area contributed by atoms with Crippen LogP contribution in [0.3, 0.4) is 0 Å². The number of nitrogens with zero attached hydrogens (tertiary/aromatic N) is 2. The molecule has 5 heteroatoms. The summed E-state index contributed by atoms with van der Waals surface area (Å²) in [6.45, 7) is 36.9. The first-order chi connectivity index (χ1) is 25.9. The molecule has 5 aromatic carbocycles. The van der Waals surface area contributed by atoms with Gasteiger partial charge in [0.1, 0.15) is 0 Å². The Morgan fingerprint density at radius 2 is 0.911 bits per heavy atom. The number of hydrogen-bond acceptors (Lipinski definition) is 2. The lowest BCUT2D eigenvalue weighted by Crippen LogP contribution is -2.62. The van der Waals surface area contributed by atoms with Crippen LogP contribution in [-0.2, 0) is 21.7 Å². The van der Waals surface area contributed by atoms with Crippen molar-refractivity contribution in [3.05, 3.63) is 113 Å². The van der Waals surface area contributed by atoms with E-state index in [9.17, 15) is 0 Å². The number of rotatable bonds is 4. The number of benzene rings is 5. The standard InChI is InChI=1S/C51H63BN2Si2/c1-32-24-45-47-46(25-32)54(34-18-22-37-38(26-34)49(4,5)30-48(37,2)3)44-29-40-39(50(6,7)31-51(40,8)9)28-42(44)52(47)41-27-36(56(13,14)15)21-23-43(41)53(45)33-16-19-35(20-17-33)55(10,11)12/h16-29H,30-31H2,1-15H3.